The second kappa shape index (κ2) is 9.05. The van der Waals surface area contributed by atoms with Crippen molar-refractivity contribution in [3.63, 3.8) is 0 Å². The Morgan fingerprint density at radius 3 is 2.50 bits per heavy atom. The Hall–Kier alpha value is -3.31. The lowest BCUT2D eigenvalue weighted by Gasteiger charge is -2.27. The van der Waals surface area contributed by atoms with Gasteiger partial charge in [-0.05, 0) is 30.3 Å². The smallest absolute Gasteiger partial charge is 0.220 e. The minimum absolute atomic E-state index is 0.0123. The van der Waals surface area contributed by atoms with E-state index in [1.165, 1.54) is 0 Å². The standard InChI is InChI=1S/C24H23BrN4O3/c1-28-19-5-3-4-6-20(19)29(2)24(28)17(14-26)21(30)8-10-23(31)27-18-11-12-32-22-9-7-15(25)13-16(18)22/h3-7,9,13,18H,8,10-12H2,1-2H3,(H,27,31). The fourth-order valence-electron chi connectivity index (χ4n) is 4.19. The van der Waals surface area contributed by atoms with Crippen LogP contribution in [0, 0.1) is 11.3 Å². The van der Waals surface area contributed by atoms with Gasteiger partial charge in [-0.15, -0.1) is 0 Å². The Bertz CT molecular complexity index is 1120. The number of nitriles is 1. The summed E-state index contributed by atoms with van der Waals surface area (Å²) >= 11 is 3.45. The van der Waals surface area contributed by atoms with Gasteiger partial charge >= 0.3 is 0 Å². The van der Waals surface area contributed by atoms with Crippen molar-refractivity contribution in [1.29, 1.82) is 5.26 Å². The van der Waals surface area contributed by atoms with Gasteiger partial charge in [0, 0.05) is 43.4 Å². The first kappa shape index (κ1) is 21.9. The average Bonchev–Trinajstić information content (AvgIpc) is 3.04. The molecule has 2 aliphatic heterocycles. The summed E-state index contributed by atoms with van der Waals surface area (Å²) in [7, 11) is 3.66. The number of rotatable bonds is 5. The van der Waals surface area contributed by atoms with E-state index in [0.717, 1.165) is 27.2 Å². The highest BCUT2D eigenvalue weighted by molar-refractivity contribution is 9.10. The Kier molecular flexibility index (Phi) is 6.19. The third kappa shape index (κ3) is 4.08. The fourth-order valence-corrected chi connectivity index (χ4v) is 4.57. The van der Waals surface area contributed by atoms with Gasteiger partial charge in [-0.1, -0.05) is 28.1 Å². The average molecular weight is 495 g/mol. The van der Waals surface area contributed by atoms with Gasteiger partial charge in [-0.3, -0.25) is 9.59 Å². The Morgan fingerprint density at radius 2 is 1.84 bits per heavy atom. The zero-order valence-electron chi connectivity index (χ0n) is 17.9. The van der Waals surface area contributed by atoms with Crippen molar-refractivity contribution >= 4 is 39.0 Å². The summed E-state index contributed by atoms with van der Waals surface area (Å²) in [4.78, 5) is 29.2. The second-order valence-corrected chi connectivity index (χ2v) is 8.70. The molecule has 1 unspecified atom stereocenters. The number of benzene rings is 2. The number of amides is 1. The molecule has 0 radical (unpaired) electrons. The topological polar surface area (TPSA) is 85.7 Å². The summed E-state index contributed by atoms with van der Waals surface area (Å²) in [5.41, 5.74) is 2.82. The lowest BCUT2D eigenvalue weighted by molar-refractivity contribution is -0.124. The van der Waals surface area contributed by atoms with Crippen molar-refractivity contribution < 1.29 is 14.3 Å². The van der Waals surface area contributed by atoms with Crippen LogP contribution < -0.4 is 19.9 Å². The number of nitrogens with zero attached hydrogens (tertiary/aromatic N) is 3. The SMILES string of the molecule is CN1C(=C(C#N)C(=O)CCC(=O)NC2CCOc3ccc(Br)cc32)N(C)c2ccccc21. The van der Waals surface area contributed by atoms with Crippen molar-refractivity contribution in [2.45, 2.75) is 25.3 Å². The van der Waals surface area contributed by atoms with Crippen molar-refractivity contribution in [2.75, 3.05) is 30.5 Å². The number of hydrogen-bond donors (Lipinski definition) is 1. The molecule has 0 saturated carbocycles. The third-order valence-electron chi connectivity index (χ3n) is 5.78. The number of allylic oxidation sites excluding steroid dienone is 1. The van der Waals surface area contributed by atoms with Crippen LogP contribution >= 0.6 is 15.9 Å². The normalized spacial score (nSPS) is 16.6. The van der Waals surface area contributed by atoms with Crippen molar-refractivity contribution in [1.82, 2.24) is 5.32 Å². The largest absolute Gasteiger partial charge is 0.493 e. The molecule has 0 fully saturated rings. The summed E-state index contributed by atoms with van der Waals surface area (Å²) in [5, 5.41) is 12.7. The summed E-state index contributed by atoms with van der Waals surface area (Å²) in [6, 6.07) is 15.3. The maximum absolute atomic E-state index is 12.9. The number of nitrogens with one attached hydrogen (secondary N) is 1. The molecule has 0 saturated heterocycles. The predicted octanol–water partition coefficient (Wildman–Crippen LogP) is 4.06. The second-order valence-electron chi connectivity index (χ2n) is 7.78. The van der Waals surface area contributed by atoms with Crippen LogP contribution in [0.1, 0.15) is 30.9 Å². The minimum Gasteiger partial charge on any atom is -0.493 e. The molecule has 164 valence electrons. The first-order valence-electron chi connectivity index (χ1n) is 10.4. The maximum atomic E-state index is 12.9. The van der Waals surface area contributed by atoms with Crippen LogP contribution in [0.5, 0.6) is 5.75 Å². The quantitative estimate of drug-likeness (QED) is 0.498. The van der Waals surface area contributed by atoms with Crippen molar-refractivity contribution in [3.05, 3.63) is 63.9 Å². The monoisotopic (exact) mass is 494 g/mol. The van der Waals surface area contributed by atoms with Crippen molar-refractivity contribution in [2.24, 2.45) is 0 Å². The van der Waals surface area contributed by atoms with Gasteiger partial charge in [0.15, 0.2) is 5.78 Å². The number of carbonyl (C=O) groups is 2. The van der Waals surface area contributed by atoms with E-state index in [1.54, 1.807) is 0 Å². The van der Waals surface area contributed by atoms with Gasteiger partial charge in [0.2, 0.25) is 5.91 Å². The number of hydrogen-bond acceptors (Lipinski definition) is 6. The van der Waals surface area contributed by atoms with Crippen LogP contribution in [0.25, 0.3) is 0 Å². The predicted molar refractivity (Wildman–Crippen MR) is 125 cm³/mol. The molecule has 7 nitrogen and oxygen atoms in total. The van der Waals surface area contributed by atoms with Crippen LogP contribution in [-0.4, -0.2) is 32.4 Å². The summed E-state index contributed by atoms with van der Waals surface area (Å²) in [5.74, 6) is 0.709. The molecular weight excluding hydrogens is 472 g/mol. The number of carbonyl (C=O) groups excluding carboxylic acids is 2. The molecule has 0 aliphatic carbocycles. The van der Waals surface area contributed by atoms with Gasteiger partial charge < -0.3 is 19.9 Å². The van der Waals surface area contributed by atoms with Crippen LogP contribution in [0.15, 0.2) is 58.3 Å². The zero-order valence-corrected chi connectivity index (χ0v) is 19.5. The molecule has 1 amide bonds. The van der Waals surface area contributed by atoms with E-state index in [1.807, 2.05) is 66.4 Å². The van der Waals surface area contributed by atoms with Gasteiger partial charge in [0.05, 0.1) is 24.0 Å². The van der Waals surface area contributed by atoms with Gasteiger partial charge in [0.25, 0.3) is 0 Å². The molecule has 2 heterocycles. The number of halogens is 1. The first-order chi connectivity index (χ1) is 15.4. The number of anilines is 2. The summed E-state index contributed by atoms with van der Waals surface area (Å²) < 4.78 is 6.57. The molecule has 1 atom stereocenters. The number of Topliss-reactive ketones (excluding diaryl/α,β-unsaturated/α-hetero) is 1. The van der Waals surface area contributed by atoms with Crippen molar-refractivity contribution in [3.8, 4) is 11.8 Å². The first-order valence-corrected chi connectivity index (χ1v) is 11.2. The highest BCUT2D eigenvalue weighted by atomic mass is 79.9. The Labute approximate surface area is 195 Å². The maximum Gasteiger partial charge on any atom is 0.220 e. The van der Waals surface area contributed by atoms with E-state index in [9.17, 15) is 14.9 Å². The van der Waals surface area contributed by atoms with Crippen LogP contribution in [0.3, 0.4) is 0 Å². The zero-order chi connectivity index (χ0) is 22.8. The fraction of sp³-hybridized carbons (Fsp3) is 0.292. The van der Waals surface area contributed by atoms with E-state index in [0.29, 0.717) is 18.8 Å². The summed E-state index contributed by atoms with van der Waals surface area (Å²) in [6.45, 7) is 0.516. The summed E-state index contributed by atoms with van der Waals surface area (Å²) in [6.07, 6.45) is 0.633. The lowest BCUT2D eigenvalue weighted by Crippen LogP contribution is -2.32. The van der Waals surface area contributed by atoms with Crippen LogP contribution in [-0.2, 0) is 9.59 Å². The molecule has 0 spiro atoms. The van der Waals surface area contributed by atoms with E-state index < -0.39 is 0 Å². The van der Waals surface area contributed by atoms with E-state index in [2.05, 4.69) is 27.3 Å². The molecule has 0 aromatic heterocycles. The number of ketones is 1. The van der Waals surface area contributed by atoms with E-state index >= 15 is 0 Å². The molecule has 2 aromatic rings. The highest BCUT2D eigenvalue weighted by Gasteiger charge is 2.31. The van der Waals surface area contributed by atoms with Gasteiger partial charge in [-0.2, -0.15) is 5.26 Å². The van der Waals surface area contributed by atoms with E-state index in [-0.39, 0.29) is 36.1 Å². The Morgan fingerprint density at radius 1 is 1.16 bits per heavy atom. The number of para-hydroxylation sites is 2. The van der Waals surface area contributed by atoms with Gasteiger partial charge in [-0.25, -0.2) is 0 Å². The minimum atomic E-state index is -0.348. The molecule has 2 aromatic carbocycles. The molecule has 8 heteroatoms. The van der Waals surface area contributed by atoms with Gasteiger partial charge in [0.1, 0.15) is 23.2 Å². The molecule has 1 N–H and O–H groups in total. The Balaban J connectivity index is 1.44. The lowest BCUT2D eigenvalue weighted by atomic mass is 10.00. The molecule has 2 aliphatic rings. The highest BCUT2D eigenvalue weighted by Crippen LogP contribution is 2.40. The molecule has 32 heavy (non-hydrogen) atoms. The molecule has 0 bridgehead atoms. The van der Waals surface area contributed by atoms with Crippen LogP contribution in [0.2, 0.25) is 0 Å². The molecule has 4 rings (SSSR count). The third-order valence-corrected chi connectivity index (χ3v) is 6.27. The number of fused-ring (bicyclic) bond motifs is 2. The number of ether oxygens (including phenoxy) is 1. The molecular formula is C24H23BrN4O3. The van der Waals surface area contributed by atoms with E-state index in [4.69, 9.17) is 4.74 Å². The van der Waals surface area contributed by atoms with Crippen LogP contribution in [0.4, 0.5) is 11.4 Å².